The van der Waals surface area contributed by atoms with Gasteiger partial charge in [0.15, 0.2) is 0 Å². The van der Waals surface area contributed by atoms with Gasteiger partial charge in [0.2, 0.25) is 0 Å². The highest BCUT2D eigenvalue weighted by Gasteiger charge is 2.21. The maximum atomic E-state index is 12.3. The van der Waals surface area contributed by atoms with Gasteiger partial charge in [0.05, 0.1) is 11.5 Å². The second-order valence-electron chi connectivity index (χ2n) is 5.55. The number of carbonyl (C=O) groups excluding carboxylic acids is 1. The lowest BCUT2D eigenvalue weighted by molar-refractivity contribution is 0.0383. The predicted molar refractivity (Wildman–Crippen MR) is 105 cm³/mol. The fourth-order valence-corrected chi connectivity index (χ4v) is 3.55. The van der Waals surface area contributed by atoms with Crippen molar-refractivity contribution in [1.82, 2.24) is 9.97 Å². The zero-order valence-electron chi connectivity index (χ0n) is 13.9. The average molecular weight is 398 g/mol. The second kappa shape index (κ2) is 7.99. The second-order valence-corrected chi connectivity index (χ2v) is 6.98. The summed E-state index contributed by atoms with van der Waals surface area (Å²) in [7, 11) is 0. The number of carbonyl (C=O) groups is 1. The van der Waals surface area contributed by atoms with E-state index in [1.54, 1.807) is 6.07 Å². The highest BCUT2D eigenvalue weighted by atomic mass is 35.5. The van der Waals surface area contributed by atoms with Crippen LogP contribution in [0.25, 0.3) is 10.2 Å². The summed E-state index contributed by atoms with van der Waals surface area (Å²) in [4.78, 5) is 22.1. The first-order valence-electron chi connectivity index (χ1n) is 7.43. The van der Waals surface area contributed by atoms with Crippen LogP contribution in [0, 0.1) is 6.92 Å². The highest BCUT2D eigenvalue weighted by Crippen LogP contribution is 2.35. The number of rotatable bonds is 4. The van der Waals surface area contributed by atoms with Gasteiger partial charge in [0, 0.05) is 10.7 Å². The third-order valence-corrected chi connectivity index (χ3v) is 4.76. The Kier molecular flexibility index (Phi) is 6.21. The minimum Gasteiger partial charge on any atom is -0.459 e. The molecule has 0 atom stereocenters. The van der Waals surface area contributed by atoms with Crippen molar-refractivity contribution in [3.8, 4) is 0 Å². The number of nitrogens with one attached hydrogen (secondary N) is 1. The molecule has 5 nitrogen and oxygen atoms in total. The third-order valence-electron chi connectivity index (χ3n) is 3.34. The van der Waals surface area contributed by atoms with Crippen LogP contribution in [0.3, 0.4) is 0 Å². The monoisotopic (exact) mass is 397 g/mol. The lowest BCUT2D eigenvalue weighted by atomic mass is 10.2. The molecule has 0 aliphatic rings. The van der Waals surface area contributed by atoms with Crippen molar-refractivity contribution in [3.05, 3.63) is 46.1 Å². The molecule has 0 saturated carbocycles. The van der Waals surface area contributed by atoms with Crippen molar-refractivity contribution in [1.29, 1.82) is 0 Å². The fraction of sp³-hybridized carbons (Fsp3) is 0.235. The van der Waals surface area contributed by atoms with Crippen LogP contribution < -0.4 is 5.32 Å². The number of benzene rings is 1. The molecule has 0 fully saturated rings. The number of thiophene rings is 1. The van der Waals surface area contributed by atoms with Crippen molar-refractivity contribution < 1.29 is 9.53 Å². The Morgan fingerprint density at radius 3 is 2.76 bits per heavy atom. The van der Waals surface area contributed by atoms with Crippen molar-refractivity contribution in [2.45, 2.75) is 26.9 Å². The molecule has 2 aromatic heterocycles. The molecule has 8 heteroatoms. The highest BCUT2D eigenvalue weighted by molar-refractivity contribution is 7.20. The summed E-state index contributed by atoms with van der Waals surface area (Å²) in [5.41, 5.74) is 1.63. The Morgan fingerprint density at radius 2 is 2.08 bits per heavy atom. The largest absolute Gasteiger partial charge is 0.459 e. The molecular formula is C17H17Cl2N3O2S. The molecule has 0 spiro atoms. The molecule has 3 aromatic rings. The van der Waals surface area contributed by atoms with Gasteiger partial charge in [-0.05, 0) is 44.5 Å². The third kappa shape index (κ3) is 4.21. The lowest BCUT2D eigenvalue weighted by Crippen LogP contribution is -2.11. The van der Waals surface area contributed by atoms with Crippen LogP contribution in [0.15, 0.2) is 30.6 Å². The molecule has 3 rings (SSSR count). The van der Waals surface area contributed by atoms with Gasteiger partial charge < -0.3 is 10.1 Å². The Hall–Kier alpha value is -1.89. The van der Waals surface area contributed by atoms with Gasteiger partial charge in [0.1, 0.15) is 21.9 Å². The molecule has 0 bridgehead atoms. The average Bonchev–Trinajstić information content (AvgIpc) is 2.85. The smallest absolute Gasteiger partial charge is 0.348 e. The van der Waals surface area contributed by atoms with Crippen LogP contribution in [-0.4, -0.2) is 22.0 Å². The topological polar surface area (TPSA) is 64.1 Å². The first-order chi connectivity index (χ1) is 11.5. The van der Waals surface area contributed by atoms with E-state index in [2.05, 4.69) is 15.3 Å². The number of anilines is 2. The van der Waals surface area contributed by atoms with E-state index in [0.29, 0.717) is 15.7 Å². The van der Waals surface area contributed by atoms with Crippen molar-refractivity contribution in [3.63, 3.8) is 0 Å². The lowest BCUT2D eigenvalue weighted by Gasteiger charge is -2.08. The van der Waals surface area contributed by atoms with Gasteiger partial charge in [-0.25, -0.2) is 14.8 Å². The number of nitrogens with zero attached hydrogens (tertiary/aromatic N) is 2. The number of hydrogen-bond donors (Lipinski definition) is 1. The van der Waals surface area contributed by atoms with Gasteiger partial charge in [-0.2, -0.15) is 0 Å². The standard InChI is InChI=1S/C17H16ClN3O2S.ClH/c1-9(2)23-17(22)14-10(3)13-15(19-8-20-16(13)24-14)21-12-6-4-5-11(18)7-12;/h4-9H,1-3H3,(H,19,20,21);1H. The molecule has 0 amide bonds. The molecular weight excluding hydrogens is 381 g/mol. The molecule has 25 heavy (non-hydrogen) atoms. The van der Waals surface area contributed by atoms with Crippen molar-refractivity contribution in [2.75, 3.05) is 5.32 Å². The number of fused-ring (bicyclic) bond motifs is 1. The van der Waals surface area contributed by atoms with Crippen LogP contribution >= 0.6 is 35.3 Å². The zero-order valence-corrected chi connectivity index (χ0v) is 16.3. The number of hydrogen-bond acceptors (Lipinski definition) is 6. The zero-order chi connectivity index (χ0) is 17.3. The minimum atomic E-state index is -0.334. The molecule has 0 unspecified atom stereocenters. The molecule has 1 aromatic carbocycles. The normalized spacial score (nSPS) is 10.6. The number of halogens is 2. The van der Waals surface area contributed by atoms with E-state index in [-0.39, 0.29) is 24.5 Å². The number of esters is 1. The van der Waals surface area contributed by atoms with E-state index < -0.39 is 0 Å². The van der Waals surface area contributed by atoms with Crippen molar-refractivity contribution >= 4 is 63.0 Å². The van der Waals surface area contributed by atoms with Crippen molar-refractivity contribution in [2.24, 2.45) is 0 Å². The molecule has 1 N–H and O–H groups in total. The Labute approximate surface area is 160 Å². The summed E-state index contributed by atoms with van der Waals surface area (Å²) in [5, 5.41) is 4.69. The summed E-state index contributed by atoms with van der Waals surface area (Å²) in [6.45, 7) is 5.53. The molecule has 132 valence electrons. The Balaban J connectivity index is 0.00000225. The van der Waals surface area contributed by atoms with E-state index in [4.69, 9.17) is 16.3 Å². The summed E-state index contributed by atoms with van der Waals surface area (Å²) in [6, 6.07) is 7.37. The van der Waals surface area contributed by atoms with Crippen LogP contribution in [0.5, 0.6) is 0 Å². The predicted octanol–water partition coefficient (Wildman–Crippen LogP) is 5.38. The van der Waals surface area contributed by atoms with Gasteiger partial charge >= 0.3 is 5.97 Å². The van der Waals surface area contributed by atoms with Crippen LogP contribution in [0.2, 0.25) is 5.02 Å². The fourth-order valence-electron chi connectivity index (χ4n) is 2.33. The molecule has 0 aliphatic carbocycles. The van der Waals surface area contributed by atoms with E-state index in [1.165, 1.54) is 17.7 Å². The minimum absolute atomic E-state index is 0. The summed E-state index contributed by atoms with van der Waals surface area (Å²) >= 11 is 7.33. The number of ether oxygens (including phenoxy) is 1. The molecule has 2 heterocycles. The summed E-state index contributed by atoms with van der Waals surface area (Å²) in [6.07, 6.45) is 1.31. The molecule has 0 aliphatic heterocycles. The maximum Gasteiger partial charge on any atom is 0.348 e. The van der Waals surface area contributed by atoms with E-state index >= 15 is 0 Å². The van der Waals surface area contributed by atoms with Gasteiger partial charge in [-0.1, -0.05) is 17.7 Å². The quantitative estimate of drug-likeness (QED) is 0.598. The summed E-state index contributed by atoms with van der Waals surface area (Å²) < 4.78 is 5.31. The molecule has 0 radical (unpaired) electrons. The SMILES string of the molecule is Cc1c(C(=O)OC(C)C)sc2ncnc(Nc3cccc(Cl)c3)c12.Cl. The molecule has 0 saturated heterocycles. The Bertz CT molecular complexity index is 912. The van der Waals surface area contributed by atoms with Gasteiger partial charge in [-0.15, -0.1) is 23.7 Å². The van der Waals surface area contributed by atoms with Gasteiger partial charge in [-0.3, -0.25) is 0 Å². The summed E-state index contributed by atoms with van der Waals surface area (Å²) in [5.74, 6) is 0.304. The first-order valence-corrected chi connectivity index (χ1v) is 8.63. The van der Waals surface area contributed by atoms with E-state index in [0.717, 1.165) is 21.5 Å². The van der Waals surface area contributed by atoms with Crippen LogP contribution in [-0.2, 0) is 4.74 Å². The van der Waals surface area contributed by atoms with Crippen LogP contribution in [0.1, 0.15) is 29.1 Å². The van der Waals surface area contributed by atoms with E-state index in [1.807, 2.05) is 39.0 Å². The number of aromatic nitrogens is 2. The van der Waals surface area contributed by atoms with E-state index in [9.17, 15) is 4.79 Å². The van der Waals surface area contributed by atoms with Crippen LogP contribution in [0.4, 0.5) is 11.5 Å². The number of aryl methyl sites for hydroxylation is 1. The van der Waals surface area contributed by atoms with Gasteiger partial charge in [0.25, 0.3) is 0 Å². The maximum absolute atomic E-state index is 12.3. The Morgan fingerprint density at radius 1 is 1.32 bits per heavy atom. The first kappa shape index (κ1) is 19.4.